The fourth-order valence-electron chi connectivity index (χ4n) is 1.77. The zero-order valence-corrected chi connectivity index (χ0v) is 8.43. The first-order chi connectivity index (χ1) is 7.25. The molecule has 0 radical (unpaired) electrons. The van der Waals surface area contributed by atoms with E-state index in [0.29, 0.717) is 5.92 Å². The van der Waals surface area contributed by atoms with Gasteiger partial charge in [-0.25, -0.2) is 4.79 Å². The van der Waals surface area contributed by atoms with Gasteiger partial charge in [0.15, 0.2) is 0 Å². The fraction of sp³-hybridized carbons (Fsp3) is 0.600. The van der Waals surface area contributed by atoms with E-state index in [-0.39, 0.29) is 5.56 Å². The SMILES string of the molecule is O=C(O)c1cnn(CC2CCOCC2)c1. The molecule has 1 aromatic heterocycles. The van der Waals surface area contributed by atoms with E-state index in [9.17, 15) is 4.79 Å². The van der Waals surface area contributed by atoms with E-state index in [1.807, 2.05) is 0 Å². The van der Waals surface area contributed by atoms with Gasteiger partial charge in [0.25, 0.3) is 0 Å². The van der Waals surface area contributed by atoms with Crippen LogP contribution in [-0.2, 0) is 11.3 Å². The number of carbonyl (C=O) groups is 1. The Morgan fingerprint density at radius 1 is 1.60 bits per heavy atom. The summed E-state index contributed by atoms with van der Waals surface area (Å²) < 4.78 is 6.96. The molecule has 0 bridgehead atoms. The minimum Gasteiger partial charge on any atom is -0.478 e. The maximum atomic E-state index is 10.6. The Kier molecular flexibility index (Phi) is 3.01. The number of hydrogen-bond donors (Lipinski definition) is 1. The molecule has 0 atom stereocenters. The first kappa shape index (κ1) is 10.2. The smallest absolute Gasteiger partial charge is 0.338 e. The van der Waals surface area contributed by atoms with E-state index in [2.05, 4.69) is 5.10 Å². The molecule has 5 heteroatoms. The Morgan fingerprint density at radius 3 is 2.93 bits per heavy atom. The highest BCUT2D eigenvalue weighted by atomic mass is 16.5. The van der Waals surface area contributed by atoms with E-state index >= 15 is 0 Å². The zero-order chi connectivity index (χ0) is 10.7. The normalized spacial score (nSPS) is 17.9. The number of aromatic nitrogens is 2. The molecule has 0 unspecified atom stereocenters. The molecule has 15 heavy (non-hydrogen) atoms. The molecule has 82 valence electrons. The molecular formula is C10H14N2O3. The summed E-state index contributed by atoms with van der Waals surface area (Å²) in [6, 6.07) is 0. The van der Waals surface area contributed by atoms with Crippen molar-refractivity contribution in [3.63, 3.8) is 0 Å². The number of nitrogens with zero attached hydrogens (tertiary/aromatic N) is 2. The first-order valence-electron chi connectivity index (χ1n) is 5.09. The van der Waals surface area contributed by atoms with Gasteiger partial charge < -0.3 is 9.84 Å². The molecule has 1 N–H and O–H groups in total. The van der Waals surface area contributed by atoms with Crippen LogP contribution in [0.15, 0.2) is 12.4 Å². The van der Waals surface area contributed by atoms with Crippen molar-refractivity contribution in [2.75, 3.05) is 13.2 Å². The van der Waals surface area contributed by atoms with Crippen LogP contribution in [0, 0.1) is 5.92 Å². The van der Waals surface area contributed by atoms with Gasteiger partial charge in [0.05, 0.1) is 11.8 Å². The zero-order valence-electron chi connectivity index (χ0n) is 8.43. The van der Waals surface area contributed by atoms with Gasteiger partial charge in [-0.2, -0.15) is 5.10 Å². The summed E-state index contributed by atoms with van der Waals surface area (Å²) in [7, 11) is 0. The third kappa shape index (κ3) is 2.56. The predicted octanol–water partition coefficient (Wildman–Crippen LogP) is 1.01. The fourth-order valence-corrected chi connectivity index (χ4v) is 1.77. The molecular weight excluding hydrogens is 196 g/mol. The maximum Gasteiger partial charge on any atom is 0.338 e. The van der Waals surface area contributed by atoms with Crippen LogP contribution in [0.2, 0.25) is 0 Å². The van der Waals surface area contributed by atoms with Crippen LogP contribution in [-0.4, -0.2) is 34.1 Å². The van der Waals surface area contributed by atoms with E-state index in [0.717, 1.165) is 32.6 Å². The van der Waals surface area contributed by atoms with Crippen molar-refractivity contribution in [1.29, 1.82) is 0 Å². The Hall–Kier alpha value is -1.36. The van der Waals surface area contributed by atoms with Gasteiger partial charge in [0.2, 0.25) is 0 Å². The van der Waals surface area contributed by atoms with Crippen LogP contribution in [0.25, 0.3) is 0 Å². The Labute approximate surface area is 87.7 Å². The molecule has 2 rings (SSSR count). The number of hydrogen-bond acceptors (Lipinski definition) is 3. The number of carboxylic acid groups (broad SMARTS) is 1. The van der Waals surface area contributed by atoms with Gasteiger partial charge in [-0.05, 0) is 18.8 Å². The molecule has 0 saturated carbocycles. The largest absolute Gasteiger partial charge is 0.478 e. The second-order valence-electron chi connectivity index (χ2n) is 3.81. The lowest BCUT2D eigenvalue weighted by atomic mass is 10.0. The van der Waals surface area contributed by atoms with E-state index in [1.165, 1.54) is 6.20 Å². The highest BCUT2D eigenvalue weighted by molar-refractivity contribution is 5.86. The maximum absolute atomic E-state index is 10.6. The van der Waals surface area contributed by atoms with Gasteiger partial charge >= 0.3 is 5.97 Å². The summed E-state index contributed by atoms with van der Waals surface area (Å²) in [6.45, 7) is 2.39. The van der Waals surface area contributed by atoms with Crippen LogP contribution in [0.5, 0.6) is 0 Å². The van der Waals surface area contributed by atoms with Crippen LogP contribution in [0.3, 0.4) is 0 Å². The van der Waals surface area contributed by atoms with Crippen molar-refractivity contribution in [1.82, 2.24) is 9.78 Å². The summed E-state index contributed by atoms with van der Waals surface area (Å²) in [5, 5.41) is 12.8. The Balaban J connectivity index is 1.94. The summed E-state index contributed by atoms with van der Waals surface area (Å²) in [6.07, 6.45) is 5.03. The monoisotopic (exact) mass is 210 g/mol. The highest BCUT2D eigenvalue weighted by Gasteiger charge is 2.15. The number of rotatable bonds is 3. The first-order valence-corrected chi connectivity index (χ1v) is 5.09. The number of aromatic carboxylic acids is 1. The Morgan fingerprint density at radius 2 is 2.33 bits per heavy atom. The van der Waals surface area contributed by atoms with E-state index in [1.54, 1.807) is 10.9 Å². The second-order valence-corrected chi connectivity index (χ2v) is 3.81. The molecule has 0 amide bonds. The van der Waals surface area contributed by atoms with Gasteiger partial charge in [0, 0.05) is 26.0 Å². The lowest BCUT2D eigenvalue weighted by molar-refractivity contribution is 0.0600. The summed E-state index contributed by atoms with van der Waals surface area (Å²) in [5.74, 6) is -0.367. The molecule has 1 aliphatic heterocycles. The van der Waals surface area contributed by atoms with Crippen molar-refractivity contribution < 1.29 is 14.6 Å². The standard InChI is InChI=1S/C10H14N2O3/c13-10(14)9-5-11-12(7-9)6-8-1-3-15-4-2-8/h5,7-8H,1-4,6H2,(H,13,14). The van der Waals surface area contributed by atoms with Gasteiger partial charge in [-0.1, -0.05) is 0 Å². The molecule has 1 saturated heterocycles. The minimum absolute atomic E-state index is 0.252. The topological polar surface area (TPSA) is 64.3 Å². The van der Waals surface area contributed by atoms with Gasteiger partial charge in [-0.3, -0.25) is 4.68 Å². The predicted molar refractivity (Wildman–Crippen MR) is 52.7 cm³/mol. The van der Waals surface area contributed by atoms with E-state index in [4.69, 9.17) is 9.84 Å². The van der Waals surface area contributed by atoms with Crippen LogP contribution in [0.1, 0.15) is 23.2 Å². The average molecular weight is 210 g/mol. The number of carboxylic acids is 1. The lowest BCUT2D eigenvalue weighted by Gasteiger charge is -2.21. The summed E-state index contributed by atoms with van der Waals surface area (Å²) >= 11 is 0. The lowest BCUT2D eigenvalue weighted by Crippen LogP contribution is -2.20. The average Bonchev–Trinajstić information content (AvgIpc) is 2.68. The van der Waals surface area contributed by atoms with E-state index < -0.39 is 5.97 Å². The quantitative estimate of drug-likeness (QED) is 0.808. The van der Waals surface area contributed by atoms with Crippen LogP contribution >= 0.6 is 0 Å². The third-order valence-corrected chi connectivity index (χ3v) is 2.67. The van der Waals surface area contributed by atoms with Crippen molar-refractivity contribution in [2.24, 2.45) is 5.92 Å². The Bertz CT molecular complexity index is 342. The highest BCUT2D eigenvalue weighted by Crippen LogP contribution is 2.16. The molecule has 1 fully saturated rings. The van der Waals surface area contributed by atoms with Crippen molar-refractivity contribution in [3.05, 3.63) is 18.0 Å². The molecule has 0 spiro atoms. The van der Waals surface area contributed by atoms with Crippen molar-refractivity contribution in [2.45, 2.75) is 19.4 Å². The molecule has 0 aromatic carbocycles. The van der Waals surface area contributed by atoms with Gasteiger partial charge in [0.1, 0.15) is 0 Å². The van der Waals surface area contributed by atoms with Crippen LogP contribution in [0.4, 0.5) is 0 Å². The summed E-state index contributed by atoms with van der Waals surface area (Å²) in [4.78, 5) is 10.6. The second kappa shape index (κ2) is 4.44. The third-order valence-electron chi connectivity index (χ3n) is 2.67. The molecule has 5 nitrogen and oxygen atoms in total. The molecule has 0 aliphatic carbocycles. The van der Waals surface area contributed by atoms with Crippen molar-refractivity contribution in [3.8, 4) is 0 Å². The molecule has 1 aromatic rings. The van der Waals surface area contributed by atoms with Crippen LogP contribution < -0.4 is 0 Å². The summed E-state index contributed by atoms with van der Waals surface area (Å²) in [5.41, 5.74) is 0.252. The number of ether oxygens (including phenoxy) is 1. The van der Waals surface area contributed by atoms with Gasteiger partial charge in [-0.15, -0.1) is 0 Å². The van der Waals surface area contributed by atoms with Crippen molar-refractivity contribution >= 4 is 5.97 Å². The molecule has 2 heterocycles. The molecule has 1 aliphatic rings. The minimum atomic E-state index is -0.923.